The molecule has 1 amide bonds. The van der Waals surface area contributed by atoms with Gasteiger partial charge in [0.15, 0.2) is 17.6 Å². The van der Waals surface area contributed by atoms with Gasteiger partial charge >= 0.3 is 0 Å². The molecule has 0 bridgehead atoms. The SMILES string of the molecule is CC(Oc1cccc(C#N)c1)C(=O)NC(C)c1ccc2c(c1)OCCO2. The summed E-state index contributed by atoms with van der Waals surface area (Å²) >= 11 is 0. The summed E-state index contributed by atoms with van der Waals surface area (Å²) in [5, 5.41) is 11.9. The van der Waals surface area contributed by atoms with Crippen molar-refractivity contribution in [3.63, 3.8) is 0 Å². The maximum atomic E-state index is 12.4. The fraction of sp³-hybridized carbons (Fsp3) is 0.300. The van der Waals surface area contributed by atoms with E-state index < -0.39 is 6.10 Å². The minimum absolute atomic E-state index is 0.213. The van der Waals surface area contributed by atoms with E-state index in [4.69, 9.17) is 19.5 Å². The molecule has 1 N–H and O–H groups in total. The van der Waals surface area contributed by atoms with Crippen LogP contribution in [0.2, 0.25) is 0 Å². The van der Waals surface area contributed by atoms with E-state index in [2.05, 4.69) is 5.32 Å². The molecule has 134 valence electrons. The van der Waals surface area contributed by atoms with Crippen LogP contribution in [0.15, 0.2) is 42.5 Å². The lowest BCUT2D eigenvalue weighted by atomic mass is 10.1. The third-order valence-electron chi connectivity index (χ3n) is 4.07. The van der Waals surface area contributed by atoms with Crippen molar-refractivity contribution >= 4 is 5.91 Å². The van der Waals surface area contributed by atoms with Crippen LogP contribution in [0.5, 0.6) is 17.2 Å². The highest BCUT2D eigenvalue weighted by molar-refractivity contribution is 5.81. The number of hydrogen-bond donors (Lipinski definition) is 1. The van der Waals surface area contributed by atoms with Crippen molar-refractivity contribution in [2.75, 3.05) is 13.2 Å². The van der Waals surface area contributed by atoms with Crippen molar-refractivity contribution in [3.8, 4) is 23.3 Å². The van der Waals surface area contributed by atoms with Crippen molar-refractivity contribution < 1.29 is 19.0 Å². The molecule has 2 aromatic carbocycles. The second-order valence-electron chi connectivity index (χ2n) is 6.03. The number of carbonyl (C=O) groups is 1. The zero-order valence-electron chi connectivity index (χ0n) is 14.7. The van der Waals surface area contributed by atoms with Gasteiger partial charge in [0.25, 0.3) is 5.91 Å². The van der Waals surface area contributed by atoms with E-state index in [1.807, 2.05) is 31.2 Å². The Kier molecular flexibility index (Phi) is 5.28. The second-order valence-corrected chi connectivity index (χ2v) is 6.03. The monoisotopic (exact) mass is 352 g/mol. The summed E-state index contributed by atoms with van der Waals surface area (Å²) in [7, 11) is 0. The highest BCUT2D eigenvalue weighted by Gasteiger charge is 2.20. The van der Waals surface area contributed by atoms with Gasteiger partial charge in [-0.3, -0.25) is 4.79 Å². The Morgan fingerprint density at radius 1 is 1.15 bits per heavy atom. The number of nitrogens with zero attached hydrogens (tertiary/aromatic N) is 1. The topological polar surface area (TPSA) is 80.6 Å². The van der Waals surface area contributed by atoms with E-state index >= 15 is 0 Å². The highest BCUT2D eigenvalue weighted by atomic mass is 16.6. The molecule has 0 saturated heterocycles. The molecule has 6 nitrogen and oxygen atoms in total. The maximum absolute atomic E-state index is 12.4. The van der Waals surface area contributed by atoms with Gasteiger partial charge in [0.2, 0.25) is 0 Å². The van der Waals surface area contributed by atoms with Gasteiger partial charge in [-0.2, -0.15) is 5.26 Å². The lowest BCUT2D eigenvalue weighted by molar-refractivity contribution is -0.127. The molecule has 1 aliphatic heterocycles. The van der Waals surface area contributed by atoms with E-state index in [9.17, 15) is 4.79 Å². The molecule has 0 radical (unpaired) electrons. The normalized spacial score (nSPS) is 14.7. The predicted molar refractivity (Wildman–Crippen MR) is 95.2 cm³/mol. The summed E-state index contributed by atoms with van der Waals surface area (Å²) in [4.78, 5) is 12.4. The van der Waals surface area contributed by atoms with Crippen molar-refractivity contribution in [1.29, 1.82) is 5.26 Å². The van der Waals surface area contributed by atoms with Gasteiger partial charge in [0.1, 0.15) is 19.0 Å². The van der Waals surface area contributed by atoms with Crippen LogP contribution in [-0.4, -0.2) is 25.2 Å². The first kappa shape index (κ1) is 17.6. The summed E-state index contributed by atoms with van der Waals surface area (Å²) in [6, 6.07) is 14.2. The average Bonchev–Trinajstić information content (AvgIpc) is 2.67. The zero-order valence-corrected chi connectivity index (χ0v) is 14.7. The van der Waals surface area contributed by atoms with Crippen molar-refractivity contribution in [2.24, 2.45) is 0 Å². The van der Waals surface area contributed by atoms with Gasteiger partial charge in [0.05, 0.1) is 17.7 Å². The highest BCUT2D eigenvalue weighted by Crippen LogP contribution is 2.32. The van der Waals surface area contributed by atoms with E-state index in [1.54, 1.807) is 31.2 Å². The second kappa shape index (κ2) is 7.79. The standard InChI is InChI=1S/C20H20N2O4/c1-13(16-6-7-18-19(11-16)25-9-8-24-18)22-20(23)14(2)26-17-5-3-4-15(10-17)12-21/h3-7,10-11,13-14H,8-9H2,1-2H3,(H,22,23). The molecule has 6 heteroatoms. The molecule has 0 saturated carbocycles. The predicted octanol–water partition coefficient (Wildman–Crippen LogP) is 2.97. The number of amides is 1. The molecule has 2 aromatic rings. The first-order valence-corrected chi connectivity index (χ1v) is 8.43. The van der Waals surface area contributed by atoms with Gasteiger partial charge in [-0.15, -0.1) is 0 Å². The lowest BCUT2D eigenvalue weighted by Gasteiger charge is -2.22. The molecule has 3 rings (SSSR count). The quantitative estimate of drug-likeness (QED) is 0.895. The Hall–Kier alpha value is -3.20. The minimum Gasteiger partial charge on any atom is -0.486 e. The lowest BCUT2D eigenvalue weighted by Crippen LogP contribution is -2.37. The summed E-state index contributed by atoms with van der Waals surface area (Å²) in [5.74, 6) is 1.65. The van der Waals surface area contributed by atoms with Crippen LogP contribution in [0, 0.1) is 11.3 Å². The molecule has 0 spiro atoms. The Morgan fingerprint density at radius 3 is 2.69 bits per heavy atom. The molecule has 0 aromatic heterocycles. The molecule has 2 atom stereocenters. The largest absolute Gasteiger partial charge is 0.486 e. The maximum Gasteiger partial charge on any atom is 0.261 e. The van der Waals surface area contributed by atoms with Crippen LogP contribution < -0.4 is 19.5 Å². The first-order chi connectivity index (χ1) is 12.6. The number of benzene rings is 2. The van der Waals surface area contributed by atoms with Crippen LogP contribution in [0.1, 0.15) is 31.0 Å². The summed E-state index contributed by atoms with van der Waals surface area (Å²) in [6.45, 7) is 4.63. The number of rotatable bonds is 5. The van der Waals surface area contributed by atoms with Crippen LogP contribution in [0.3, 0.4) is 0 Å². The van der Waals surface area contributed by atoms with Crippen molar-refractivity contribution in [2.45, 2.75) is 26.0 Å². The van der Waals surface area contributed by atoms with Gasteiger partial charge in [-0.05, 0) is 49.7 Å². The third-order valence-corrected chi connectivity index (χ3v) is 4.07. The number of nitrogens with one attached hydrogen (secondary N) is 1. The first-order valence-electron chi connectivity index (χ1n) is 8.43. The average molecular weight is 352 g/mol. The summed E-state index contributed by atoms with van der Waals surface area (Å²) in [5.41, 5.74) is 1.40. The van der Waals surface area contributed by atoms with Crippen molar-refractivity contribution in [3.05, 3.63) is 53.6 Å². The smallest absolute Gasteiger partial charge is 0.261 e. The molecule has 0 fully saturated rings. The fourth-order valence-electron chi connectivity index (χ4n) is 2.64. The number of fused-ring (bicyclic) bond motifs is 1. The third kappa shape index (κ3) is 4.06. The summed E-state index contributed by atoms with van der Waals surface area (Å²) < 4.78 is 16.7. The molecule has 26 heavy (non-hydrogen) atoms. The number of nitriles is 1. The fourth-order valence-corrected chi connectivity index (χ4v) is 2.64. The molecule has 0 aliphatic carbocycles. The Morgan fingerprint density at radius 2 is 1.92 bits per heavy atom. The van der Waals surface area contributed by atoms with Gasteiger partial charge in [-0.25, -0.2) is 0 Å². The van der Waals surface area contributed by atoms with E-state index in [0.717, 1.165) is 5.56 Å². The zero-order chi connectivity index (χ0) is 18.5. The Labute approximate surface area is 152 Å². The van der Waals surface area contributed by atoms with Crippen LogP contribution in [0.25, 0.3) is 0 Å². The number of carbonyl (C=O) groups excluding carboxylic acids is 1. The molecular formula is C20H20N2O4. The Bertz CT molecular complexity index is 844. The van der Waals surface area contributed by atoms with Gasteiger partial charge in [0, 0.05) is 0 Å². The minimum atomic E-state index is -0.691. The van der Waals surface area contributed by atoms with Crippen LogP contribution in [0.4, 0.5) is 0 Å². The summed E-state index contributed by atoms with van der Waals surface area (Å²) in [6.07, 6.45) is -0.691. The van der Waals surface area contributed by atoms with Gasteiger partial charge in [-0.1, -0.05) is 12.1 Å². The van der Waals surface area contributed by atoms with Crippen LogP contribution in [-0.2, 0) is 4.79 Å². The molecule has 1 heterocycles. The van der Waals surface area contributed by atoms with E-state index in [1.165, 1.54) is 0 Å². The van der Waals surface area contributed by atoms with Gasteiger partial charge < -0.3 is 19.5 Å². The number of hydrogen-bond acceptors (Lipinski definition) is 5. The molecule has 2 unspecified atom stereocenters. The Balaban J connectivity index is 1.62. The van der Waals surface area contributed by atoms with E-state index in [-0.39, 0.29) is 11.9 Å². The van der Waals surface area contributed by atoms with Crippen LogP contribution >= 0.6 is 0 Å². The molecule has 1 aliphatic rings. The number of ether oxygens (including phenoxy) is 3. The van der Waals surface area contributed by atoms with Crippen molar-refractivity contribution in [1.82, 2.24) is 5.32 Å². The van der Waals surface area contributed by atoms with E-state index in [0.29, 0.717) is 36.0 Å². The molecular weight excluding hydrogens is 332 g/mol.